The second-order valence-electron chi connectivity index (χ2n) is 10.4. The molecule has 11 heteroatoms. The van der Waals surface area contributed by atoms with Gasteiger partial charge in [0.2, 0.25) is 11.8 Å². The molecule has 0 bridgehead atoms. The fourth-order valence-corrected chi connectivity index (χ4v) is 5.89. The van der Waals surface area contributed by atoms with Gasteiger partial charge in [0.15, 0.2) is 0 Å². The molecule has 0 saturated carbocycles. The number of nitrogens with one attached hydrogen (secondary N) is 1. The topological polar surface area (TPSA) is 111 Å². The van der Waals surface area contributed by atoms with Crippen molar-refractivity contribution >= 4 is 34.5 Å². The van der Waals surface area contributed by atoms with E-state index in [1.165, 1.54) is 11.0 Å². The van der Waals surface area contributed by atoms with E-state index in [2.05, 4.69) is 27.1 Å². The van der Waals surface area contributed by atoms with Crippen molar-refractivity contribution in [1.82, 2.24) is 24.9 Å². The van der Waals surface area contributed by atoms with E-state index < -0.39 is 12.0 Å². The van der Waals surface area contributed by atoms with Gasteiger partial charge in [-0.3, -0.25) is 24.5 Å². The Kier molecular flexibility index (Phi) is 6.59. The molecular formula is C25H33FN6O4. The number of carboxylic acid groups (broad SMARTS) is 1. The van der Waals surface area contributed by atoms with Crippen LogP contribution in [0.15, 0.2) is 12.1 Å². The summed E-state index contributed by atoms with van der Waals surface area (Å²) in [5.41, 5.74) is 1.80. The Morgan fingerprint density at radius 1 is 1.17 bits per heavy atom. The molecular weight excluding hydrogens is 467 g/mol. The SMILES string of the molecule is C[C@@H]1CN(C(=O)O)CC[C@@H]1CN1CCN(c2cc3c(cc2F)c(C2CCC(=O)NC2=O)nn3C)CC1. The predicted octanol–water partition coefficient (Wildman–Crippen LogP) is 1.99. The first-order valence-electron chi connectivity index (χ1n) is 12.7. The van der Waals surface area contributed by atoms with E-state index in [9.17, 15) is 19.5 Å². The highest BCUT2D eigenvalue weighted by Gasteiger charge is 2.33. The first-order valence-corrected chi connectivity index (χ1v) is 12.7. The number of piperidine rings is 2. The van der Waals surface area contributed by atoms with Crippen molar-refractivity contribution in [3.63, 3.8) is 0 Å². The summed E-state index contributed by atoms with van der Waals surface area (Å²) in [7, 11) is 1.79. The summed E-state index contributed by atoms with van der Waals surface area (Å²) in [6.07, 6.45) is 0.646. The van der Waals surface area contributed by atoms with Crippen LogP contribution in [0, 0.1) is 17.7 Å². The van der Waals surface area contributed by atoms with Crippen molar-refractivity contribution in [3.05, 3.63) is 23.6 Å². The molecule has 1 aromatic carbocycles. The molecule has 3 amide bonds. The van der Waals surface area contributed by atoms with Gasteiger partial charge in [-0.2, -0.15) is 5.10 Å². The summed E-state index contributed by atoms with van der Waals surface area (Å²) in [5, 5.41) is 16.7. The Balaban J connectivity index is 1.26. The number of likely N-dealkylation sites (tertiary alicyclic amines) is 1. The number of rotatable bonds is 4. The zero-order chi connectivity index (χ0) is 25.6. The van der Waals surface area contributed by atoms with Gasteiger partial charge in [0.05, 0.1) is 22.8 Å². The number of nitrogens with zero attached hydrogens (tertiary/aromatic N) is 5. The number of carbonyl (C=O) groups excluding carboxylic acids is 2. The first kappa shape index (κ1) is 24.5. The van der Waals surface area contributed by atoms with Gasteiger partial charge < -0.3 is 14.9 Å². The quantitative estimate of drug-likeness (QED) is 0.618. The molecule has 10 nitrogen and oxygen atoms in total. The average Bonchev–Trinajstić information content (AvgIpc) is 3.15. The number of hydrogen-bond acceptors (Lipinski definition) is 6. The second-order valence-corrected chi connectivity index (χ2v) is 10.4. The van der Waals surface area contributed by atoms with Gasteiger partial charge in [0, 0.05) is 64.7 Å². The van der Waals surface area contributed by atoms with Gasteiger partial charge in [-0.05, 0) is 36.8 Å². The Labute approximate surface area is 209 Å². The van der Waals surface area contributed by atoms with Crippen LogP contribution < -0.4 is 10.2 Å². The lowest BCUT2D eigenvalue weighted by Gasteiger charge is -2.41. The molecule has 0 radical (unpaired) electrons. The molecule has 1 aromatic heterocycles. The van der Waals surface area contributed by atoms with Crippen LogP contribution in [-0.4, -0.2) is 88.4 Å². The second kappa shape index (κ2) is 9.68. The summed E-state index contributed by atoms with van der Waals surface area (Å²) in [4.78, 5) is 41.1. The van der Waals surface area contributed by atoms with Crippen LogP contribution in [0.5, 0.6) is 0 Å². The number of hydrogen-bond donors (Lipinski definition) is 2. The molecule has 3 aliphatic rings. The minimum Gasteiger partial charge on any atom is -0.465 e. The summed E-state index contributed by atoms with van der Waals surface area (Å²) >= 11 is 0. The number of aromatic nitrogens is 2. The lowest BCUT2D eigenvalue weighted by atomic mass is 9.86. The van der Waals surface area contributed by atoms with Gasteiger partial charge in [-0.15, -0.1) is 0 Å². The summed E-state index contributed by atoms with van der Waals surface area (Å²) in [5.74, 6) is -0.798. The number of carbonyl (C=O) groups is 3. The molecule has 3 saturated heterocycles. The molecule has 1 unspecified atom stereocenters. The van der Waals surface area contributed by atoms with Crippen LogP contribution >= 0.6 is 0 Å². The van der Waals surface area contributed by atoms with Crippen LogP contribution in [0.1, 0.15) is 37.8 Å². The number of aryl methyl sites for hydroxylation is 1. The number of imide groups is 1. The Hall–Kier alpha value is -3.21. The van der Waals surface area contributed by atoms with Gasteiger partial charge >= 0.3 is 6.09 Å². The minimum atomic E-state index is -0.842. The van der Waals surface area contributed by atoms with Crippen LogP contribution in [-0.2, 0) is 16.6 Å². The van der Waals surface area contributed by atoms with Gasteiger partial charge in [-0.25, -0.2) is 9.18 Å². The van der Waals surface area contributed by atoms with E-state index in [0.29, 0.717) is 61.2 Å². The fourth-order valence-electron chi connectivity index (χ4n) is 5.89. The fraction of sp³-hybridized carbons (Fsp3) is 0.600. The van der Waals surface area contributed by atoms with Crippen molar-refractivity contribution in [3.8, 4) is 0 Å². The third-order valence-electron chi connectivity index (χ3n) is 8.08. The number of anilines is 1. The molecule has 3 fully saturated rings. The maximum absolute atomic E-state index is 15.3. The predicted molar refractivity (Wildman–Crippen MR) is 131 cm³/mol. The monoisotopic (exact) mass is 500 g/mol. The lowest BCUT2D eigenvalue weighted by molar-refractivity contribution is -0.134. The highest BCUT2D eigenvalue weighted by molar-refractivity contribution is 6.02. The van der Waals surface area contributed by atoms with E-state index in [1.54, 1.807) is 11.7 Å². The molecule has 5 rings (SSSR count). The average molecular weight is 501 g/mol. The standard InChI is InChI=1S/C25H33FN6O4/c1-15-13-32(25(35)36)6-5-16(15)14-30-7-9-31(10-8-30)21-12-20-18(11-19(21)26)23(28-29(20)2)17-3-4-22(33)27-24(17)34/h11-12,15-17H,3-10,13-14H2,1-2H3,(H,35,36)(H,27,33,34)/t15-,16-,17?/m1/s1. The highest BCUT2D eigenvalue weighted by Crippen LogP contribution is 2.34. The van der Waals surface area contributed by atoms with Gasteiger partial charge in [0.25, 0.3) is 0 Å². The third-order valence-corrected chi connectivity index (χ3v) is 8.08. The van der Waals surface area contributed by atoms with Gasteiger partial charge in [0.1, 0.15) is 5.82 Å². The largest absolute Gasteiger partial charge is 0.465 e. The number of benzene rings is 1. The first-order chi connectivity index (χ1) is 17.2. The molecule has 0 spiro atoms. The van der Waals surface area contributed by atoms with Crippen LogP contribution in [0.4, 0.5) is 14.9 Å². The van der Waals surface area contributed by atoms with E-state index in [-0.39, 0.29) is 24.1 Å². The zero-order valence-electron chi connectivity index (χ0n) is 20.7. The normalized spacial score (nSPS) is 25.9. The smallest absolute Gasteiger partial charge is 0.407 e. The number of amides is 3. The summed E-state index contributed by atoms with van der Waals surface area (Å²) < 4.78 is 17.0. The molecule has 3 aliphatic heterocycles. The number of piperazine rings is 1. The Bertz CT molecular complexity index is 1190. The maximum Gasteiger partial charge on any atom is 0.407 e. The zero-order valence-corrected chi connectivity index (χ0v) is 20.7. The Morgan fingerprint density at radius 2 is 1.92 bits per heavy atom. The third kappa shape index (κ3) is 4.63. The molecule has 2 aromatic rings. The number of fused-ring (bicyclic) bond motifs is 1. The Morgan fingerprint density at radius 3 is 2.58 bits per heavy atom. The van der Waals surface area contributed by atoms with Crippen molar-refractivity contribution < 1.29 is 23.9 Å². The molecule has 3 atom stereocenters. The van der Waals surface area contributed by atoms with Crippen LogP contribution in [0.2, 0.25) is 0 Å². The van der Waals surface area contributed by atoms with Crippen molar-refractivity contribution in [1.29, 1.82) is 0 Å². The highest BCUT2D eigenvalue weighted by atomic mass is 19.1. The van der Waals surface area contributed by atoms with Crippen molar-refractivity contribution in [2.24, 2.45) is 18.9 Å². The maximum atomic E-state index is 15.3. The van der Waals surface area contributed by atoms with E-state index in [0.717, 1.165) is 31.6 Å². The molecule has 4 heterocycles. The molecule has 2 N–H and O–H groups in total. The molecule has 194 valence electrons. The molecule has 0 aliphatic carbocycles. The minimum absolute atomic E-state index is 0.247. The van der Waals surface area contributed by atoms with E-state index in [4.69, 9.17) is 0 Å². The van der Waals surface area contributed by atoms with Gasteiger partial charge in [-0.1, -0.05) is 6.92 Å². The van der Waals surface area contributed by atoms with E-state index >= 15 is 4.39 Å². The summed E-state index contributed by atoms with van der Waals surface area (Å²) in [6, 6.07) is 3.29. The number of halogens is 1. The van der Waals surface area contributed by atoms with Crippen molar-refractivity contribution in [2.45, 2.75) is 32.1 Å². The van der Waals surface area contributed by atoms with E-state index in [1.807, 2.05) is 6.07 Å². The van der Waals surface area contributed by atoms with Crippen molar-refractivity contribution in [2.75, 3.05) is 50.7 Å². The summed E-state index contributed by atoms with van der Waals surface area (Å²) in [6.45, 7) is 7.24. The molecule has 36 heavy (non-hydrogen) atoms. The van der Waals surface area contributed by atoms with Crippen LogP contribution in [0.3, 0.4) is 0 Å². The van der Waals surface area contributed by atoms with Crippen LogP contribution in [0.25, 0.3) is 10.9 Å². The lowest BCUT2D eigenvalue weighted by Crippen LogP contribution is -2.51.